The molecular formula is C20H31N3O2. The molecule has 4 rings (SSSR count). The van der Waals surface area contributed by atoms with Crippen molar-refractivity contribution < 1.29 is 4.74 Å². The molecule has 5 nitrogen and oxygen atoms in total. The smallest absolute Gasteiger partial charge is 0.250 e. The summed E-state index contributed by atoms with van der Waals surface area (Å²) in [5.41, 5.74) is 2.85. The number of likely N-dealkylation sites (tertiary alicyclic amines) is 1. The summed E-state index contributed by atoms with van der Waals surface area (Å²) in [6.45, 7) is 9.41. The van der Waals surface area contributed by atoms with E-state index in [0.717, 1.165) is 58.8 Å². The highest BCUT2D eigenvalue weighted by atomic mass is 16.5. The Morgan fingerprint density at radius 2 is 1.84 bits per heavy atom. The summed E-state index contributed by atoms with van der Waals surface area (Å²) in [7, 11) is 0. The average Bonchev–Trinajstić information content (AvgIpc) is 3.27. The minimum atomic E-state index is 0.176. The number of rotatable bonds is 5. The van der Waals surface area contributed by atoms with E-state index in [0.29, 0.717) is 5.92 Å². The molecule has 0 radical (unpaired) electrons. The van der Waals surface area contributed by atoms with Crippen LogP contribution >= 0.6 is 0 Å². The van der Waals surface area contributed by atoms with Crippen LogP contribution in [0.4, 0.5) is 0 Å². The van der Waals surface area contributed by atoms with E-state index in [1.54, 1.807) is 6.07 Å². The Morgan fingerprint density at radius 1 is 1.00 bits per heavy atom. The molecule has 1 atom stereocenters. The molecule has 1 aromatic rings. The normalized spacial score (nSPS) is 25.2. The maximum atomic E-state index is 12.5. The lowest BCUT2D eigenvalue weighted by Crippen LogP contribution is -2.33. The van der Waals surface area contributed by atoms with Crippen LogP contribution in [0.15, 0.2) is 16.9 Å². The largest absolute Gasteiger partial charge is 0.381 e. The van der Waals surface area contributed by atoms with E-state index >= 15 is 0 Å². The van der Waals surface area contributed by atoms with Gasteiger partial charge in [-0.3, -0.25) is 4.79 Å². The van der Waals surface area contributed by atoms with Gasteiger partial charge in [-0.05, 0) is 50.3 Å². The molecule has 0 aromatic carbocycles. The Bertz CT molecular complexity index is 630. The Morgan fingerprint density at radius 3 is 2.64 bits per heavy atom. The van der Waals surface area contributed by atoms with Gasteiger partial charge in [0.2, 0.25) is 0 Å². The predicted octanol–water partition coefficient (Wildman–Crippen LogP) is 1.38. The van der Waals surface area contributed by atoms with Crippen molar-refractivity contribution in [1.82, 2.24) is 14.4 Å². The second-order valence-electron chi connectivity index (χ2n) is 7.87. The Kier molecular flexibility index (Phi) is 5.54. The molecule has 0 aliphatic carbocycles. The zero-order chi connectivity index (χ0) is 17.1. The van der Waals surface area contributed by atoms with Crippen LogP contribution < -0.4 is 5.56 Å². The van der Waals surface area contributed by atoms with Crippen molar-refractivity contribution in [2.24, 2.45) is 5.92 Å². The van der Waals surface area contributed by atoms with Crippen molar-refractivity contribution in [1.29, 1.82) is 0 Å². The summed E-state index contributed by atoms with van der Waals surface area (Å²) >= 11 is 0. The monoisotopic (exact) mass is 345 g/mol. The van der Waals surface area contributed by atoms with Crippen LogP contribution in [0.1, 0.15) is 30.5 Å². The maximum absolute atomic E-state index is 12.5. The first kappa shape index (κ1) is 17.3. The van der Waals surface area contributed by atoms with Gasteiger partial charge in [-0.2, -0.15) is 0 Å². The third kappa shape index (κ3) is 4.15. The van der Waals surface area contributed by atoms with E-state index in [1.807, 2.05) is 0 Å². The van der Waals surface area contributed by atoms with E-state index in [-0.39, 0.29) is 5.56 Å². The van der Waals surface area contributed by atoms with Crippen molar-refractivity contribution in [3.05, 3.63) is 33.7 Å². The van der Waals surface area contributed by atoms with E-state index in [4.69, 9.17) is 4.74 Å². The van der Waals surface area contributed by atoms with Crippen molar-refractivity contribution in [2.75, 3.05) is 52.5 Å². The standard InChI is InChI=1S/C20H31N3O2/c24-20-4-3-18-5-10-22(15-17-7-14-25-16-17)11-6-19(18)23(20)13-12-21-8-1-2-9-21/h3-4,17H,1-2,5-16H2. The van der Waals surface area contributed by atoms with Gasteiger partial charge in [0.1, 0.15) is 0 Å². The lowest BCUT2D eigenvalue weighted by atomic mass is 10.1. The molecule has 1 unspecified atom stereocenters. The predicted molar refractivity (Wildman–Crippen MR) is 99.2 cm³/mol. The number of aromatic nitrogens is 1. The number of fused-ring (bicyclic) bond motifs is 1. The lowest BCUT2D eigenvalue weighted by molar-refractivity contribution is 0.168. The van der Waals surface area contributed by atoms with Crippen LogP contribution in [0.3, 0.4) is 0 Å². The zero-order valence-corrected chi connectivity index (χ0v) is 15.3. The van der Waals surface area contributed by atoms with Gasteiger partial charge in [-0.15, -0.1) is 0 Å². The van der Waals surface area contributed by atoms with Crippen LogP contribution in [0.2, 0.25) is 0 Å². The fraction of sp³-hybridized carbons (Fsp3) is 0.750. The second-order valence-corrected chi connectivity index (χ2v) is 7.87. The first-order chi connectivity index (χ1) is 12.3. The van der Waals surface area contributed by atoms with Gasteiger partial charge in [-0.25, -0.2) is 0 Å². The maximum Gasteiger partial charge on any atom is 0.250 e. The molecule has 0 bridgehead atoms. The van der Waals surface area contributed by atoms with Gasteiger partial charge in [-0.1, -0.05) is 6.07 Å². The van der Waals surface area contributed by atoms with Crippen LogP contribution in [0.25, 0.3) is 0 Å². The molecule has 5 heteroatoms. The minimum absolute atomic E-state index is 0.176. The van der Waals surface area contributed by atoms with Gasteiger partial charge >= 0.3 is 0 Å². The molecule has 25 heavy (non-hydrogen) atoms. The highest BCUT2D eigenvalue weighted by Gasteiger charge is 2.22. The first-order valence-electron chi connectivity index (χ1n) is 10.0. The quantitative estimate of drug-likeness (QED) is 0.808. The number of hydrogen-bond acceptors (Lipinski definition) is 4. The molecule has 3 aliphatic heterocycles. The summed E-state index contributed by atoms with van der Waals surface area (Å²) in [6.07, 6.45) is 5.87. The van der Waals surface area contributed by atoms with E-state index in [9.17, 15) is 4.79 Å². The molecule has 2 saturated heterocycles. The van der Waals surface area contributed by atoms with Crippen molar-refractivity contribution in [3.8, 4) is 0 Å². The third-order valence-electron chi connectivity index (χ3n) is 6.13. The van der Waals surface area contributed by atoms with Gasteiger partial charge in [0.05, 0.1) is 6.61 Å². The molecule has 0 saturated carbocycles. The summed E-state index contributed by atoms with van der Waals surface area (Å²) in [5.74, 6) is 0.693. The van der Waals surface area contributed by atoms with E-state index < -0.39 is 0 Å². The Labute approximate surface area is 150 Å². The molecule has 4 heterocycles. The Hall–Kier alpha value is -1.17. The van der Waals surface area contributed by atoms with Gasteiger partial charge in [0, 0.05) is 57.5 Å². The summed E-state index contributed by atoms with van der Waals surface area (Å²) < 4.78 is 7.60. The van der Waals surface area contributed by atoms with Crippen molar-refractivity contribution in [2.45, 2.75) is 38.6 Å². The first-order valence-corrected chi connectivity index (χ1v) is 10.0. The summed E-state index contributed by atoms with van der Waals surface area (Å²) in [4.78, 5) is 17.6. The molecule has 3 aliphatic rings. The number of pyridine rings is 1. The fourth-order valence-corrected chi connectivity index (χ4v) is 4.61. The van der Waals surface area contributed by atoms with E-state index in [2.05, 4.69) is 20.4 Å². The van der Waals surface area contributed by atoms with Crippen LogP contribution in [0.5, 0.6) is 0 Å². The summed E-state index contributed by atoms with van der Waals surface area (Å²) in [5, 5.41) is 0. The molecule has 2 fully saturated rings. The highest BCUT2D eigenvalue weighted by molar-refractivity contribution is 5.23. The number of ether oxygens (including phenoxy) is 1. The van der Waals surface area contributed by atoms with Crippen LogP contribution in [-0.4, -0.2) is 66.8 Å². The molecule has 0 spiro atoms. The van der Waals surface area contributed by atoms with Gasteiger partial charge in [0.25, 0.3) is 5.56 Å². The number of hydrogen-bond donors (Lipinski definition) is 0. The molecule has 1 aromatic heterocycles. The second kappa shape index (κ2) is 8.02. The van der Waals surface area contributed by atoms with Crippen molar-refractivity contribution in [3.63, 3.8) is 0 Å². The third-order valence-corrected chi connectivity index (χ3v) is 6.13. The minimum Gasteiger partial charge on any atom is -0.381 e. The van der Waals surface area contributed by atoms with Gasteiger partial charge < -0.3 is 19.1 Å². The zero-order valence-electron chi connectivity index (χ0n) is 15.3. The van der Waals surface area contributed by atoms with Crippen LogP contribution in [-0.2, 0) is 24.1 Å². The van der Waals surface area contributed by atoms with E-state index in [1.165, 1.54) is 43.6 Å². The topological polar surface area (TPSA) is 37.7 Å². The van der Waals surface area contributed by atoms with Gasteiger partial charge in [0.15, 0.2) is 0 Å². The van der Waals surface area contributed by atoms with Crippen molar-refractivity contribution >= 4 is 0 Å². The average molecular weight is 345 g/mol. The SMILES string of the molecule is O=c1ccc2c(n1CCN1CCCC1)CCN(CC1CCOC1)CC2. The highest BCUT2D eigenvalue weighted by Crippen LogP contribution is 2.19. The molecule has 0 amide bonds. The van der Waals surface area contributed by atoms with Crippen LogP contribution in [0, 0.1) is 5.92 Å². The Balaban J connectivity index is 1.43. The molecule has 138 valence electrons. The number of nitrogens with zero attached hydrogens (tertiary/aromatic N) is 3. The lowest BCUT2D eigenvalue weighted by Gasteiger charge is -2.22. The fourth-order valence-electron chi connectivity index (χ4n) is 4.61. The molecular weight excluding hydrogens is 314 g/mol. The molecule has 0 N–H and O–H groups in total. The summed E-state index contributed by atoms with van der Waals surface area (Å²) in [6, 6.07) is 3.86.